The monoisotopic (exact) mass is 293 g/mol. The van der Waals surface area contributed by atoms with Gasteiger partial charge in [-0.3, -0.25) is 9.78 Å². The van der Waals surface area contributed by atoms with Crippen molar-refractivity contribution in [3.8, 4) is 22.8 Å². The van der Waals surface area contributed by atoms with Gasteiger partial charge in [0.25, 0.3) is 0 Å². The standard InChI is InChI=1S/C15H15N7/c1-8-7-11(21-22(8)2)13-12(14(16)20-19-13)15-17-9-5-3-4-6-10(9)18-15/h3-7H,1-2H3,(H,17,18)(H3,16,19,20). The molecule has 0 amide bonds. The second-order valence-corrected chi connectivity index (χ2v) is 5.26. The molecule has 3 heterocycles. The van der Waals surface area contributed by atoms with Crippen molar-refractivity contribution in [1.29, 1.82) is 0 Å². The lowest BCUT2D eigenvalue weighted by Crippen LogP contribution is -1.93. The van der Waals surface area contributed by atoms with Crippen molar-refractivity contribution in [2.24, 2.45) is 7.05 Å². The zero-order chi connectivity index (χ0) is 15.3. The second-order valence-electron chi connectivity index (χ2n) is 5.26. The van der Waals surface area contributed by atoms with Gasteiger partial charge in [0, 0.05) is 12.7 Å². The van der Waals surface area contributed by atoms with Crippen molar-refractivity contribution in [1.82, 2.24) is 29.9 Å². The molecule has 110 valence electrons. The van der Waals surface area contributed by atoms with Crippen molar-refractivity contribution < 1.29 is 0 Å². The molecule has 4 aromatic rings. The molecule has 0 spiro atoms. The van der Waals surface area contributed by atoms with E-state index >= 15 is 0 Å². The van der Waals surface area contributed by atoms with Gasteiger partial charge >= 0.3 is 0 Å². The molecule has 22 heavy (non-hydrogen) atoms. The Bertz CT molecular complexity index is 921. The van der Waals surface area contributed by atoms with Crippen LogP contribution < -0.4 is 5.73 Å². The minimum atomic E-state index is 0.400. The van der Waals surface area contributed by atoms with Crippen LogP contribution in [-0.2, 0) is 7.05 Å². The van der Waals surface area contributed by atoms with E-state index in [4.69, 9.17) is 5.73 Å². The fourth-order valence-corrected chi connectivity index (χ4v) is 2.54. The summed E-state index contributed by atoms with van der Waals surface area (Å²) < 4.78 is 1.81. The Balaban J connectivity index is 1.93. The number of nitrogen functional groups attached to an aromatic ring is 1. The van der Waals surface area contributed by atoms with Crippen LogP contribution in [0.3, 0.4) is 0 Å². The number of aryl methyl sites for hydroxylation is 2. The summed E-state index contributed by atoms with van der Waals surface area (Å²) in [6, 6.07) is 9.84. The van der Waals surface area contributed by atoms with Gasteiger partial charge in [-0.15, -0.1) is 0 Å². The number of aromatic nitrogens is 6. The summed E-state index contributed by atoms with van der Waals surface area (Å²) in [6.45, 7) is 2.00. The molecule has 0 saturated heterocycles. The van der Waals surface area contributed by atoms with Crippen LogP contribution in [0.25, 0.3) is 33.8 Å². The average molecular weight is 293 g/mol. The first kappa shape index (κ1) is 12.6. The minimum absolute atomic E-state index is 0.400. The number of nitrogens with two attached hydrogens (primary N) is 1. The zero-order valence-electron chi connectivity index (χ0n) is 12.3. The largest absolute Gasteiger partial charge is 0.382 e. The Morgan fingerprint density at radius 1 is 1.23 bits per heavy atom. The maximum absolute atomic E-state index is 6.04. The highest BCUT2D eigenvalue weighted by atomic mass is 15.3. The van der Waals surface area contributed by atoms with Crippen molar-refractivity contribution >= 4 is 16.9 Å². The van der Waals surface area contributed by atoms with Crippen molar-refractivity contribution in [2.75, 3.05) is 5.73 Å². The third-order valence-corrected chi connectivity index (χ3v) is 3.79. The first-order valence-electron chi connectivity index (χ1n) is 6.93. The molecule has 0 radical (unpaired) electrons. The fourth-order valence-electron chi connectivity index (χ4n) is 2.54. The summed E-state index contributed by atoms with van der Waals surface area (Å²) >= 11 is 0. The number of rotatable bonds is 2. The smallest absolute Gasteiger partial charge is 0.156 e. The maximum atomic E-state index is 6.04. The molecule has 1 aromatic carbocycles. The molecule has 0 aliphatic heterocycles. The number of para-hydroxylation sites is 2. The normalized spacial score (nSPS) is 11.4. The Labute approximate surface area is 126 Å². The number of hydrogen-bond acceptors (Lipinski definition) is 4. The Morgan fingerprint density at radius 3 is 2.77 bits per heavy atom. The van der Waals surface area contributed by atoms with Crippen LogP contribution in [0.2, 0.25) is 0 Å². The van der Waals surface area contributed by atoms with E-state index in [-0.39, 0.29) is 0 Å². The second kappa shape index (κ2) is 4.45. The highest BCUT2D eigenvalue weighted by Crippen LogP contribution is 2.33. The summed E-state index contributed by atoms with van der Waals surface area (Å²) in [5, 5.41) is 11.6. The summed E-state index contributed by atoms with van der Waals surface area (Å²) in [4.78, 5) is 7.89. The Kier molecular flexibility index (Phi) is 2.56. The van der Waals surface area contributed by atoms with Crippen molar-refractivity contribution in [3.05, 3.63) is 36.0 Å². The van der Waals surface area contributed by atoms with Crippen molar-refractivity contribution in [3.63, 3.8) is 0 Å². The predicted octanol–water partition coefficient (Wildman–Crippen LogP) is 2.24. The summed E-state index contributed by atoms with van der Waals surface area (Å²) in [7, 11) is 1.90. The van der Waals surface area contributed by atoms with E-state index in [0.717, 1.165) is 33.7 Å². The Hall–Kier alpha value is -3.09. The summed E-state index contributed by atoms with van der Waals surface area (Å²) in [5.74, 6) is 1.09. The van der Waals surface area contributed by atoms with Gasteiger partial charge in [-0.2, -0.15) is 10.2 Å². The molecular weight excluding hydrogens is 278 g/mol. The van der Waals surface area contributed by atoms with Gasteiger partial charge in [-0.1, -0.05) is 12.1 Å². The fraction of sp³-hybridized carbons (Fsp3) is 0.133. The molecule has 0 unspecified atom stereocenters. The number of hydrogen-bond donors (Lipinski definition) is 3. The molecule has 0 aliphatic carbocycles. The summed E-state index contributed by atoms with van der Waals surface area (Å²) in [5.41, 5.74) is 11.2. The molecule has 7 nitrogen and oxygen atoms in total. The third kappa shape index (κ3) is 1.79. The van der Waals surface area contributed by atoms with Crippen molar-refractivity contribution in [2.45, 2.75) is 6.92 Å². The van der Waals surface area contributed by atoms with Gasteiger partial charge in [0.15, 0.2) is 5.82 Å². The molecule has 4 rings (SSSR count). The van der Waals surface area contributed by atoms with E-state index in [1.807, 2.05) is 49.0 Å². The third-order valence-electron chi connectivity index (χ3n) is 3.79. The highest BCUT2D eigenvalue weighted by molar-refractivity contribution is 5.88. The zero-order valence-corrected chi connectivity index (χ0v) is 12.3. The van der Waals surface area contributed by atoms with E-state index in [1.54, 1.807) is 0 Å². The first-order valence-corrected chi connectivity index (χ1v) is 6.93. The number of H-pyrrole nitrogens is 2. The summed E-state index contributed by atoms with van der Waals surface area (Å²) in [6.07, 6.45) is 0. The molecular formula is C15H15N7. The average Bonchev–Trinajstić information content (AvgIpc) is 3.16. The highest BCUT2D eigenvalue weighted by Gasteiger charge is 2.20. The van der Waals surface area contributed by atoms with E-state index in [1.165, 1.54) is 0 Å². The van der Waals surface area contributed by atoms with Crippen LogP contribution in [0.1, 0.15) is 5.69 Å². The predicted molar refractivity (Wildman–Crippen MR) is 85.0 cm³/mol. The Morgan fingerprint density at radius 2 is 2.05 bits per heavy atom. The maximum Gasteiger partial charge on any atom is 0.156 e. The molecule has 0 saturated carbocycles. The number of nitrogens with zero attached hydrogens (tertiary/aromatic N) is 4. The molecule has 0 bridgehead atoms. The van der Waals surface area contributed by atoms with E-state index in [0.29, 0.717) is 11.6 Å². The van der Waals surface area contributed by atoms with Gasteiger partial charge in [-0.05, 0) is 25.1 Å². The van der Waals surface area contributed by atoms with Gasteiger partial charge in [0.2, 0.25) is 0 Å². The first-order chi connectivity index (χ1) is 10.6. The van der Waals surface area contributed by atoms with Crippen LogP contribution in [0.15, 0.2) is 30.3 Å². The van der Waals surface area contributed by atoms with Crippen LogP contribution in [0, 0.1) is 6.92 Å². The van der Waals surface area contributed by atoms with Crippen LogP contribution in [-0.4, -0.2) is 29.9 Å². The number of benzene rings is 1. The van der Waals surface area contributed by atoms with Gasteiger partial charge in [0.1, 0.15) is 11.5 Å². The number of imidazole rings is 1. The molecule has 0 aliphatic rings. The van der Waals surface area contributed by atoms with Gasteiger partial charge in [-0.25, -0.2) is 4.98 Å². The topological polar surface area (TPSA) is 101 Å². The molecule has 0 fully saturated rings. The number of fused-ring (bicyclic) bond motifs is 1. The molecule has 4 N–H and O–H groups in total. The van der Waals surface area contributed by atoms with Gasteiger partial charge in [0.05, 0.1) is 22.3 Å². The number of nitrogens with one attached hydrogen (secondary N) is 2. The SMILES string of the molecule is Cc1cc(-c2[nH]nc(N)c2-c2nc3ccccc3[nH]2)nn1C. The molecule has 7 heteroatoms. The number of anilines is 1. The molecule has 3 aromatic heterocycles. The number of aromatic amines is 2. The van der Waals surface area contributed by atoms with Crippen LogP contribution in [0.4, 0.5) is 5.82 Å². The van der Waals surface area contributed by atoms with Gasteiger partial charge < -0.3 is 10.7 Å². The van der Waals surface area contributed by atoms with E-state index < -0.39 is 0 Å². The van der Waals surface area contributed by atoms with Crippen LogP contribution >= 0.6 is 0 Å². The minimum Gasteiger partial charge on any atom is -0.382 e. The van der Waals surface area contributed by atoms with Crippen LogP contribution in [0.5, 0.6) is 0 Å². The quantitative estimate of drug-likeness (QED) is 0.527. The lowest BCUT2D eigenvalue weighted by molar-refractivity contribution is 0.742. The van der Waals surface area contributed by atoms with E-state index in [2.05, 4.69) is 25.3 Å². The molecule has 0 atom stereocenters. The van der Waals surface area contributed by atoms with E-state index in [9.17, 15) is 0 Å². The lowest BCUT2D eigenvalue weighted by atomic mass is 10.1. The lowest BCUT2D eigenvalue weighted by Gasteiger charge is -1.98.